The number of nitrogens with zero attached hydrogens (tertiary/aromatic N) is 1. The molecular formula is C17H13F4N3O2S. The lowest BCUT2D eigenvalue weighted by Gasteiger charge is -2.13. The molecule has 142 valence electrons. The number of rotatable bonds is 5. The number of imidazole rings is 1. The number of aromatic nitrogens is 2. The van der Waals surface area contributed by atoms with Crippen molar-refractivity contribution >= 4 is 34.4 Å². The van der Waals surface area contributed by atoms with Crippen molar-refractivity contribution in [2.75, 3.05) is 18.2 Å². The molecule has 0 aliphatic heterocycles. The van der Waals surface area contributed by atoms with Gasteiger partial charge in [-0.05, 0) is 30.3 Å². The van der Waals surface area contributed by atoms with E-state index in [0.29, 0.717) is 28.0 Å². The van der Waals surface area contributed by atoms with E-state index in [1.54, 1.807) is 18.2 Å². The summed E-state index contributed by atoms with van der Waals surface area (Å²) in [6.45, 7) is 0. The maximum Gasteiger partial charge on any atom is 0.418 e. The van der Waals surface area contributed by atoms with Crippen molar-refractivity contribution in [3.63, 3.8) is 0 Å². The molecule has 1 aromatic heterocycles. The van der Waals surface area contributed by atoms with Gasteiger partial charge in [-0.25, -0.2) is 9.37 Å². The molecule has 2 aromatic carbocycles. The lowest BCUT2D eigenvalue weighted by Crippen LogP contribution is -2.18. The number of thioether (sulfide) groups is 1. The topological polar surface area (TPSA) is 67.0 Å². The number of nitrogens with one attached hydrogen (secondary N) is 2. The second-order valence-corrected chi connectivity index (χ2v) is 6.41. The summed E-state index contributed by atoms with van der Waals surface area (Å²) in [4.78, 5) is 19.3. The van der Waals surface area contributed by atoms with E-state index in [-0.39, 0.29) is 5.75 Å². The lowest BCUT2D eigenvalue weighted by atomic mass is 10.1. The van der Waals surface area contributed by atoms with Crippen molar-refractivity contribution in [2.24, 2.45) is 0 Å². The maximum absolute atomic E-state index is 13.1. The number of benzene rings is 2. The minimum Gasteiger partial charge on any atom is -0.497 e. The minimum absolute atomic E-state index is 0.175. The van der Waals surface area contributed by atoms with Gasteiger partial charge in [-0.3, -0.25) is 4.79 Å². The zero-order valence-corrected chi connectivity index (χ0v) is 14.7. The summed E-state index contributed by atoms with van der Waals surface area (Å²) in [6, 6.07) is 7.29. The van der Waals surface area contributed by atoms with Crippen LogP contribution in [0.2, 0.25) is 0 Å². The van der Waals surface area contributed by atoms with Crippen molar-refractivity contribution in [1.82, 2.24) is 9.97 Å². The van der Waals surface area contributed by atoms with Crippen LogP contribution in [0.1, 0.15) is 5.56 Å². The number of halogens is 4. The van der Waals surface area contributed by atoms with Crippen LogP contribution >= 0.6 is 11.8 Å². The Morgan fingerprint density at radius 1 is 1.26 bits per heavy atom. The number of amides is 1. The molecule has 0 saturated heterocycles. The van der Waals surface area contributed by atoms with Gasteiger partial charge in [0.25, 0.3) is 0 Å². The molecule has 0 aliphatic rings. The minimum atomic E-state index is -4.78. The highest BCUT2D eigenvalue weighted by Crippen LogP contribution is 2.35. The first kappa shape index (κ1) is 19.0. The van der Waals surface area contributed by atoms with Crippen LogP contribution in [0, 0.1) is 5.82 Å². The highest BCUT2D eigenvalue weighted by molar-refractivity contribution is 7.99. The number of hydrogen-bond acceptors (Lipinski definition) is 4. The third-order valence-electron chi connectivity index (χ3n) is 3.57. The van der Waals surface area contributed by atoms with Crippen molar-refractivity contribution in [3.8, 4) is 5.75 Å². The molecule has 3 rings (SSSR count). The SMILES string of the molecule is COc1ccc2nc(SCC(=O)Nc3ccc(F)cc3C(F)(F)F)[nH]c2c1. The zero-order chi connectivity index (χ0) is 19.6. The summed E-state index contributed by atoms with van der Waals surface area (Å²) in [7, 11) is 1.53. The Kier molecular flexibility index (Phi) is 5.26. The molecular weight excluding hydrogens is 386 g/mol. The molecule has 5 nitrogen and oxygen atoms in total. The summed E-state index contributed by atoms with van der Waals surface area (Å²) >= 11 is 1.03. The number of hydrogen-bond donors (Lipinski definition) is 2. The smallest absolute Gasteiger partial charge is 0.418 e. The number of ether oxygens (including phenoxy) is 1. The lowest BCUT2D eigenvalue weighted by molar-refractivity contribution is -0.137. The van der Waals surface area contributed by atoms with E-state index in [2.05, 4.69) is 15.3 Å². The number of carbonyl (C=O) groups excluding carboxylic acids is 1. The molecule has 27 heavy (non-hydrogen) atoms. The van der Waals surface area contributed by atoms with Crippen LogP contribution in [0.4, 0.5) is 23.2 Å². The Hall–Kier alpha value is -2.75. The van der Waals surface area contributed by atoms with Crippen molar-refractivity contribution in [2.45, 2.75) is 11.3 Å². The van der Waals surface area contributed by atoms with Gasteiger partial charge in [0, 0.05) is 6.07 Å². The second kappa shape index (κ2) is 7.47. The summed E-state index contributed by atoms with van der Waals surface area (Å²) in [5.41, 5.74) is -0.368. The summed E-state index contributed by atoms with van der Waals surface area (Å²) in [6.07, 6.45) is -4.78. The largest absolute Gasteiger partial charge is 0.497 e. The van der Waals surface area contributed by atoms with Gasteiger partial charge >= 0.3 is 6.18 Å². The van der Waals surface area contributed by atoms with Gasteiger partial charge in [-0.15, -0.1) is 0 Å². The van der Waals surface area contributed by atoms with Gasteiger partial charge in [0.15, 0.2) is 5.16 Å². The molecule has 0 saturated carbocycles. The standard InChI is InChI=1S/C17H13F4N3O2S/c1-26-10-3-5-13-14(7-10)24-16(23-13)27-8-15(25)22-12-4-2-9(18)6-11(12)17(19,20)21/h2-7H,8H2,1H3,(H,22,25)(H,23,24). The number of methoxy groups -OCH3 is 1. The first-order chi connectivity index (χ1) is 12.8. The molecule has 0 fully saturated rings. The van der Waals surface area contributed by atoms with Gasteiger partial charge in [0.1, 0.15) is 11.6 Å². The molecule has 0 unspecified atom stereocenters. The normalized spacial score (nSPS) is 11.6. The van der Waals surface area contributed by atoms with E-state index in [4.69, 9.17) is 4.74 Å². The molecule has 0 atom stereocenters. The third kappa shape index (κ3) is 4.51. The van der Waals surface area contributed by atoms with Crippen molar-refractivity contribution < 1.29 is 27.1 Å². The predicted octanol–water partition coefficient (Wildman–Crippen LogP) is 4.46. The highest BCUT2D eigenvalue weighted by Gasteiger charge is 2.34. The molecule has 3 aromatic rings. The first-order valence-electron chi connectivity index (χ1n) is 7.59. The van der Waals surface area contributed by atoms with Crippen LogP contribution in [-0.2, 0) is 11.0 Å². The Morgan fingerprint density at radius 2 is 2.04 bits per heavy atom. The quantitative estimate of drug-likeness (QED) is 0.491. The Morgan fingerprint density at radius 3 is 2.74 bits per heavy atom. The fraction of sp³-hybridized carbons (Fsp3) is 0.176. The van der Waals surface area contributed by atoms with Gasteiger partial charge in [-0.1, -0.05) is 11.8 Å². The molecule has 0 bridgehead atoms. The Labute approximate surface area is 155 Å². The molecule has 0 aliphatic carbocycles. The fourth-order valence-corrected chi connectivity index (χ4v) is 3.03. The fourth-order valence-electron chi connectivity index (χ4n) is 2.34. The maximum atomic E-state index is 13.1. The van der Waals surface area contributed by atoms with Gasteiger partial charge in [0.05, 0.1) is 35.1 Å². The van der Waals surface area contributed by atoms with Crippen LogP contribution in [0.15, 0.2) is 41.6 Å². The van der Waals surface area contributed by atoms with Gasteiger partial charge < -0.3 is 15.0 Å². The molecule has 1 amide bonds. The number of fused-ring (bicyclic) bond motifs is 1. The molecule has 10 heteroatoms. The summed E-state index contributed by atoms with van der Waals surface area (Å²) < 4.78 is 57.1. The predicted molar refractivity (Wildman–Crippen MR) is 93.4 cm³/mol. The zero-order valence-electron chi connectivity index (χ0n) is 13.9. The van der Waals surface area contributed by atoms with E-state index < -0.39 is 29.2 Å². The van der Waals surface area contributed by atoms with Crippen LogP contribution in [0.25, 0.3) is 11.0 Å². The monoisotopic (exact) mass is 399 g/mol. The van der Waals surface area contributed by atoms with Crippen molar-refractivity contribution in [1.29, 1.82) is 0 Å². The Balaban J connectivity index is 1.68. The number of alkyl halides is 3. The highest BCUT2D eigenvalue weighted by atomic mass is 32.2. The molecule has 2 N–H and O–H groups in total. The third-order valence-corrected chi connectivity index (χ3v) is 4.44. The van der Waals surface area contributed by atoms with E-state index >= 15 is 0 Å². The molecule has 0 spiro atoms. The van der Waals surface area contributed by atoms with Gasteiger partial charge in [0.2, 0.25) is 5.91 Å². The summed E-state index contributed by atoms with van der Waals surface area (Å²) in [5, 5.41) is 2.59. The average Bonchev–Trinajstić information content (AvgIpc) is 3.02. The molecule has 0 radical (unpaired) electrons. The van der Waals surface area contributed by atoms with E-state index in [9.17, 15) is 22.4 Å². The number of carbonyl (C=O) groups is 1. The van der Waals surface area contributed by atoms with Crippen LogP contribution in [0.5, 0.6) is 5.75 Å². The van der Waals surface area contributed by atoms with Crippen molar-refractivity contribution in [3.05, 3.63) is 47.8 Å². The van der Waals surface area contributed by atoms with Gasteiger partial charge in [-0.2, -0.15) is 13.2 Å². The van der Waals surface area contributed by atoms with Crippen LogP contribution in [-0.4, -0.2) is 28.7 Å². The van der Waals surface area contributed by atoms with Crippen LogP contribution < -0.4 is 10.1 Å². The van der Waals surface area contributed by atoms with E-state index in [1.807, 2.05) is 0 Å². The average molecular weight is 399 g/mol. The summed E-state index contributed by atoms with van der Waals surface area (Å²) in [5.74, 6) is -1.25. The number of anilines is 1. The van der Waals surface area contributed by atoms with E-state index in [0.717, 1.165) is 23.9 Å². The van der Waals surface area contributed by atoms with Crippen LogP contribution in [0.3, 0.4) is 0 Å². The number of H-pyrrole nitrogens is 1. The second-order valence-electron chi connectivity index (χ2n) is 5.45. The Bertz CT molecular complexity index is 988. The first-order valence-corrected chi connectivity index (χ1v) is 8.58. The molecule has 1 heterocycles. The number of aromatic amines is 1. The van der Waals surface area contributed by atoms with E-state index in [1.165, 1.54) is 7.11 Å².